The van der Waals surface area contributed by atoms with Gasteiger partial charge in [0.15, 0.2) is 0 Å². The van der Waals surface area contributed by atoms with Crippen molar-refractivity contribution >= 4 is 37.0 Å². The Labute approximate surface area is 125 Å². The third kappa shape index (κ3) is 3.56. The fraction of sp³-hybridized carbons (Fsp3) is 0.167. The molecule has 1 atom stereocenters. The molecule has 106 valence electrons. The number of thiophene rings is 1. The molecule has 0 radical (unpaired) electrons. The van der Waals surface area contributed by atoms with E-state index in [4.69, 9.17) is 10.7 Å². The largest absolute Gasteiger partial charge is 0.343 e. The average molecular weight is 331 g/mol. The number of rotatable bonds is 4. The molecule has 0 spiro atoms. The van der Waals surface area contributed by atoms with E-state index in [0.29, 0.717) is 10.6 Å². The number of hydrogen-bond donors (Lipinski definition) is 1. The van der Waals surface area contributed by atoms with Gasteiger partial charge in [0, 0.05) is 21.8 Å². The Morgan fingerprint density at radius 1 is 1.35 bits per heavy atom. The lowest BCUT2D eigenvalue weighted by atomic mass is 10.2. The van der Waals surface area contributed by atoms with Crippen LogP contribution in [0.5, 0.6) is 0 Å². The summed E-state index contributed by atoms with van der Waals surface area (Å²) in [6, 6.07) is 7.76. The molecule has 20 heavy (non-hydrogen) atoms. The van der Waals surface area contributed by atoms with Crippen LogP contribution in [-0.2, 0) is 9.05 Å². The van der Waals surface area contributed by atoms with Crippen LogP contribution in [0.1, 0.15) is 28.3 Å². The molecule has 2 rings (SSSR count). The Balaban J connectivity index is 2.11. The predicted octanol–water partition coefficient (Wildman–Crippen LogP) is 2.56. The number of pyridine rings is 1. The van der Waals surface area contributed by atoms with Crippen LogP contribution in [0.4, 0.5) is 0 Å². The number of hydrogen-bond acceptors (Lipinski definition) is 5. The van der Waals surface area contributed by atoms with E-state index in [1.54, 1.807) is 31.2 Å². The lowest BCUT2D eigenvalue weighted by molar-refractivity contribution is 0.0935. The van der Waals surface area contributed by atoms with Crippen LogP contribution >= 0.6 is 22.0 Å². The number of aromatic nitrogens is 1. The fourth-order valence-corrected chi connectivity index (χ4v) is 3.63. The SMILES string of the molecule is CC(NC(=O)c1ccccn1)c1ccc(S(=O)(=O)Cl)s1. The molecule has 0 aromatic carbocycles. The lowest BCUT2D eigenvalue weighted by Gasteiger charge is -2.11. The second kappa shape index (κ2) is 5.90. The van der Waals surface area contributed by atoms with Crippen LogP contribution in [0, 0.1) is 0 Å². The summed E-state index contributed by atoms with van der Waals surface area (Å²) >= 11 is 1.03. The molecular weight excluding hydrogens is 320 g/mol. The van der Waals surface area contributed by atoms with Crippen LogP contribution in [0.3, 0.4) is 0 Å². The molecule has 0 aliphatic carbocycles. The Bertz CT molecular complexity index is 713. The second-order valence-corrected chi connectivity index (χ2v) is 7.91. The van der Waals surface area contributed by atoms with Gasteiger partial charge in [-0.3, -0.25) is 9.78 Å². The molecule has 1 unspecified atom stereocenters. The van der Waals surface area contributed by atoms with E-state index < -0.39 is 9.05 Å². The van der Waals surface area contributed by atoms with E-state index >= 15 is 0 Å². The summed E-state index contributed by atoms with van der Waals surface area (Å²) in [5, 5.41) is 2.75. The normalized spacial score (nSPS) is 12.9. The zero-order valence-electron chi connectivity index (χ0n) is 10.4. The second-order valence-electron chi connectivity index (χ2n) is 4.00. The molecule has 2 aromatic heterocycles. The van der Waals surface area contributed by atoms with Gasteiger partial charge in [0.25, 0.3) is 15.0 Å². The molecule has 0 aliphatic rings. The van der Waals surface area contributed by atoms with Gasteiger partial charge in [-0.05, 0) is 31.2 Å². The highest BCUT2D eigenvalue weighted by molar-refractivity contribution is 8.15. The molecule has 0 bridgehead atoms. The highest BCUT2D eigenvalue weighted by Crippen LogP contribution is 2.28. The summed E-state index contributed by atoms with van der Waals surface area (Å²) in [6.07, 6.45) is 1.53. The van der Waals surface area contributed by atoms with Crippen LogP contribution in [0.15, 0.2) is 40.7 Å². The van der Waals surface area contributed by atoms with Gasteiger partial charge in [-0.15, -0.1) is 11.3 Å². The van der Waals surface area contributed by atoms with Gasteiger partial charge in [-0.25, -0.2) is 8.42 Å². The van der Waals surface area contributed by atoms with Crippen molar-refractivity contribution in [2.45, 2.75) is 17.2 Å². The summed E-state index contributed by atoms with van der Waals surface area (Å²) < 4.78 is 22.4. The molecule has 5 nitrogen and oxygen atoms in total. The summed E-state index contributed by atoms with van der Waals surface area (Å²) in [5.74, 6) is -0.318. The first kappa shape index (κ1) is 15.0. The molecule has 0 saturated heterocycles. The van der Waals surface area contributed by atoms with Gasteiger partial charge in [-0.1, -0.05) is 6.07 Å². The number of carbonyl (C=O) groups is 1. The Morgan fingerprint density at radius 3 is 2.65 bits per heavy atom. The monoisotopic (exact) mass is 330 g/mol. The highest BCUT2D eigenvalue weighted by Gasteiger charge is 2.18. The molecule has 2 aromatic rings. The minimum atomic E-state index is -3.73. The van der Waals surface area contributed by atoms with Gasteiger partial charge < -0.3 is 5.32 Å². The smallest absolute Gasteiger partial charge is 0.270 e. The van der Waals surface area contributed by atoms with Crippen LogP contribution in [-0.4, -0.2) is 19.3 Å². The first-order valence-corrected chi connectivity index (χ1v) is 8.77. The van der Waals surface area contributed by atoms with Crippen molar-refractivity contribution in [2.24, 2.45) is 0 Å². The molecule has 8 heteroatoms. The van der Waals surface area contributed by atoms with Crippen molar-refractivity contribution in [2.75, 3.05) is 0 Å². The maximum absolute atomic E-state index is 11.9. The van der Waals surface area contributed by atoms with Gasteiger partial charge in [0.1, 0.15) is 9.90 Å². The van der Waals surface area contributed by atoms with Crippen molar-refractivity contribution < 1.29 is 13.2 Å². The molecule has 0 fully saturated rings. The van der Waals surface area contributed by atoms with E-state index in [2.05, 4.69) is 10.3 Å². The third-order valence-corrected chi connectivity index (χ3v) is 5.88. The molecule has 1 N–H and O–H groups in total. The number of halogens is 1. The van der Waals surface area contributed by atoms with E-state index in [1.165, 1.54) is 12.3 Å². The number of amides is 1. The summed E-state index contributed by atoms with van der Waals surface area (Å²) in [7, 11) is 1.53. The maximum atomic E-state index is 11.9. The summed E-state index contributed by atoms with van der Waals surface area (Å²) in [6.45, 7) is 1.76. The van der Waals surface area contributed by atoms with Crippen LogP contribution in [0.25, 0.3) is 0 Å². The average Bonchev–Trinajstić information content (AvgIpc) is 2.89. The standard InChI is InChI=1S/C12H11ClN2O3S2/c1-8(10-5-6-11(19-10)20(13,17)18)15-12(16)9-4-2-3-7-14-9/h2-8H,1H3,(H,15,16). The minimum Gasteiger partial charge on any atom is -0.343 e. The van der Waals surface area contributed by atoms with Gasteiger partial charge in [-0.2, -0.15) is 0 Å². The first-order valence-electron chi connectivity index (χ1n) is 5.64. The highest BCUT2D eigenvalue weighted by atomic mass is 35.7. The topological polar surface area (TPSA) is 76.1 Å². The predicted molar refractivity (Wildman–Crippen MR) is 77.5 cm³/mol. The van der Waals surface area contributed by atoms with E-state index in [-0.39, 0.29) is 16.2 Å². The molecule has 1 amide bonds. The van der Waals surface area contributed by atoms with Gasteiger partial charge in [0.2, 0.25) is 0 Å². The Morgan fingerprint density at radius 2 is 2.10 bits per heavy atom. The Hall–Kier alpha value is -1.44. The number of nitrogens with zero attached hydrogens (tertiary/aromatic N) is 1. The number of carbonyl (C=O) groups excluding carboxylic acids is 1. The molecular formula is C12H11ClN2O3S2. The van der Waals surface area contributed by atoms with E-state index in [1.807, 2.05) is 0 Å². The summed E-state index contributed by atoms with van der Waals surface area (Å²) in [5.41, 5.74) is 0.307. The molecule has 0 aliphatic heterocycles. The minimum absolute atomic E-state index is 0.0631. The van der Waals surface area contributed by atoms with Crippen molar-refractivity contribution in [3.63, 3.8) is 0 Å². The van der Waals surface area contributed by atoms with Crippen LogP contribution in [0.2, 0.25) is 0 Å². The molecule has 0 saturated carbocycles. The van der Waals surface area contributed by atoms with Crippen molar-refractivity contribution in [1.29, 1.82) is 0 Å². The third-order valence-electron chi connectivity index (χ3n) is 2.51. The van der Waals surface area contributed by atoms with Gasteiger partial charge in [0.05, 0.1) is 6.04 Å². The van der Waals surface area contributed by atoms with Gasteiger partial charge >= 0.3 is 0 Å². The first-order chi connectivity index (χ1) is 9.38. The zero-order chi connectivity index (χ0) is 14.8. The number of nitrogens with one attached hydrogen (secondary N) is 1. The van der Waals surface area contributed by atoms with Crippen molar-refractivity contribution in [1.82, 2.24) is 10.3 Å². The van der Waals surface area contributed by atoms with E-state index in [0.717, 1.165) is 11.3 Å². The Kier molecular flexibility index (Phi) is 4.42. The van der Waals surface area contributed by atoms with Crippen molar-refractivity contribution in [3.8, 4) is 0 Å². The fourth-order valence-electron chi connectivity index (χ4n) is 1.54. The van der Waals surface area contributed by atoms with Crippen LogP contribution < -0.4 is 5.32 Å². The lowest BCUT2D eigenvalue weighted by Crippen LogP contribution is -2.26. The summed E-state index contributed by atoms with van der Waals surface area (Å²) in [4.78, 5) is 16.6. The quantitative estimate of drug-likeness (QED) is 0.874. The van der Waals surface area contributed by atoms with E-state index in [9.17, 15) is 13.2 Å². The van der Waals surface area contributed by atoms with Crippen molar-refractivity contribution in [3.05, 3.63) is 47.1 Å². The molecule has 2 heterocycles. The zero-order valence-corrected chi connectivity index (χ0v) is 12.8. The maximum Gasteiger partial charge on any atom is 0.270 e.